The van der Waals surface area contributed by atoms with E-state index in [2.05, 4.69) is 28.4 Å². The molecule has 0 saturated carbocycles. The molecule has 1 atom stereocenters. The van der Waals surface area contributed by atoms with Crippen LogP contribution in [0.4, 0.5) is 0 Å². The summed E-state index contributed by atoms with van der Waals surface area (Å²) in [6.45, 7) is 9.41. The van der Waals surface area contributed by atoms with Gasteiger partial charge in [0.2, 0.25) is 0 Å². The highest BCUT2D eigenvalue weighted by atomic mass is 15.3. The minimum absolute atomic E-state index is 0.484. The number of aryl methyl sites for hydroxylation is 3. The molecule has 17 heavy (non-hydrogen) atoms. The van der Waals surface area contributed by atoms with Gasteiger partial charge in [-0.1, -0.05) is 6.92 Å². The summed E-state index contributed by atoms with van der Waals surface area (Å²) in [5, 5.41) is 16.8. The van der Waals surface area contributed by atoms with Crippen molar-refractivity contribution >= 4 is 0 Å². The van der Waals surface area contributed by atoms with Crippen LogP contribution in [0.1, 0.15) is 38.3 Å². The Balaban J connectivity index is 2.59. The van der Waals surface area contributed by atoms with Gasteiger partial charge >= 0.3 is 0 Å². The molecular weight excluding hydrogens is 214 g/mol. The highest BCUT2D eigenvalue weighted by Crippen LogP contribution is 2.10. The Labute approximate surface area is 103 Å². The highest BCUT2D eigenvalue weighted by molar-refractivity contribution is 5.03. The first-order valence-electron chi connectivity index (χ1n) is 6.05. The summed E-state index contributed by atoms with van der Waals surface area (Å²) in [7, 11) is 0. The molecule has 0 amide bonds. The molecule has 0 radical (unpaired) electrons. The van der Waals surface area contributed by atoms with Gasteiger partial charge in [0.25, 0.3) is 0 Å². The predicted molar refractivity (Wildman–Crippen MR) is 66.4 cm³/mol. The normalized spacial score (nSPS) is 14.3. The largest absolute Gasteiger partial charge is 0.300 e. The molecule has 0 fully saturated rings. The van der Waals surface area contributed by atoms with Crippen molar-refractivity contribution in [1.29, 1.82) is 5.26 Å². The minimum atomic E-state index is -0.484. The lowest BCUT2D eigenvalue weighted by Crippen LogP contribution is -2.42. The summed E-state index contributed by atoms with van der Waals surface area (Å²) in [4.78, 5) is 4.25. The molecule has 0 aliphatic heterocycles. The van der Waals surface area contributed by atoms with Crippen molar-refractivity contribution in [3.63, 3.8) is 0 Å². The van der Waals surface area contributed by atoms with Gasteiger partial charge in [-0.2, -0.15) is 10.4 Å². The van der Waals surface area contributed by atoms with E-state index in [1.165, 1.54) is 0 Å². The lowest BCUT2D eigenvalue weighted by Gasteiger charge is -2.23. The fraction of sp³-hybridized carbons (Fsp3) is 0.750. The first kappa shape index (κ1) is 13.7. The van der Waals surface area contributed by atoms with Crippen molar-refractivity contribution in [3.05, 3.63) is 11.6 Å². The molecule has 1 N–H and O–H groups in total. The number of nitriles is 1. The maximum Gasteiger partial charge on any atom is 0.147 e. The van der Waals surface area contributed by atoms with E-state index in [-0.39, 0.29) is 0 Å². The van der Waals surface area contributed by atoms with Crippen LogP contribution in [0.5, 0.6) is 0 Å². The average Bonchev–Trinajstić information content (AvgIpc) is 2.63. The SMILES string of the molecule is CCCNC(C)(C#N)CCn1nc(C)nc1C. The maximum absolute atomic E-state index is 9.21. The van der Waals surface area contributed by atoms with E-state index in [9.17, 15) is 5.26 Å². The first-order valence-corrected chi connectivity index (χ1v) is 6.05. The summed E-state index contributed by atoms with van der Waals surface area (Å²) in [6.07, 6.45) is 1.76. The van der Waals surface area contributed by atoms with Gasteiger partial charge in [0.1, 0.15) is 17.2 Å². The number of nitrogens with one attached hydrogen (secondary N) is 1. The Kier molecular flexibility index (Phi) is 4.64. The third-order valence-electron chi connectivity index (χ3n) is 2.80. The summed E-state index contributed by atoms with van der Waals surface area (Å²) >= 11 is 0. The Morgan fingerprint density at radius 1 is 1.47 bits per heavy atom. The number of nitrogens with zero attached hydrogens (tertiary/aromatic N) is 4. The van der Waals surface area contributed by atoms with E-state index < -0.39 is 5.54 Å². The number of rotatable bonds is 6. The Morgan fingerprint density at radius 3 is 2.65 bits per heavy atom. The van der Waals surface area contributed by atoms with Crippen molar-refractivity contribution in [2.24, 2.45) is 0 Å². The number of hydrogen-bond acceptors (Lipinski definition) is 4. The van der Waals surface area contributed by atoms with Crippen LogP contribution in [0.2, 0.25) is 0 Å². The van der Waals surface area contributed by atoms with E-state index in [1.54, 1.807) is 0 Å². The molecule has 0 aliphatic rings. The van der Waals surface area contributed by atoms with Crippen LogP contribution in [-0.2, 0) is 6.54 Å². The number of hydrogen-bond donors (Lipinski definition) is 1. The van der Waals surface area contributed by atoms with E-state index >= 15 is 0 Å². The molecule has 1 unspecified atom stereocenters. The van der Waals surface area contributed by atoms with Crippen molar-refractivity contribution < 1.29 is 0 Å². The van der Waals surface area contributed by atoms with Gasteiger partial charge in [0.05, 0.1) is 6.07 Å². The predicted octanol–water partition coefficient (Wildman–Crippen LogP) is 1.57. The highest BCUT2D eigenvalue weighted by Gasteiger charge is 2.22. The van der Waals surface area contributed by atoms with Gasteiger partial charge in [-0.3, -0.25) is 10.00 Å². The smallest absolute Gasteiger partial charge is 0.147 e. The van der Waals surface area contributed by atoms with Gasteiger partial charge in [-0.05, 0) is 40.2 Å². The standard InChI is InChI=1S/C12H21N5/c1-5-7-14-12(4,9-13)6-8-17-11(3)15-10(2)16-17/h14H,5-8H2,1-4H3. The summed E-state index contributed by atoms with van der Waals surface area (Å²) < 4.78 is 1.86. The monoisotopic (exact) mass is 235 g/mol. The fourth-order valence-electron chi connectivity index (χ4n) is 1.69. The second-order valence-corrected chi connectivity index (χ2v) is 4.55. The van der Waals surface area contributed by atoms with Crippen molar-refractivity contribution in [2.75, 3.05) is 6.54 Å². The van der Waals surface area contributed by atoms with E-state index in [0.29, 0.717) is 6.54 Å². The fourth-order valence-corrected chi connectivity index (χ4v) is 1.69. The molecule has 5 heteroatoms. The molecular formula is C12H21N5. The molecule has 0 saturated heterocycles. The van der Waals surface area contributed by atoms with Gasteiger partial charge in [-0.25, -0.2) is 4.98 Å². The number of aromatic nitrogens is 3. The molecule has 0 bridgehead atoms. The quantitative estimate of drug-likeness (QED) is 0.812. The van der Waals surface area contributed by atoms with E-state index in [0.717, 1.165) is 31.0 Å². The van der Waals surface area contributed by atoms with E-state index in [4.69, 9.17) is 0 Å². The van der Waals surface area contributed by atoms with Crippen LogP contribution in [0.3, 0.4) is 0 Å². The molecule has 0 aromatic carbocycles. The van der Waals surface area contributed by atoms with Crippen LogP contribution >= 0.6 is 0 Å². The molecule has 0 aliphatic carbocycles. The van der Waals surface area contributed by atoms with Crippen LogP contribution in [0, 0.1) is 25.2 Å². The van der Waals surface area contributed by atoms with Gasteiger partial charge in [0, 0.05) is 6.54 Å². The molecule has 94 valence electrons. The lowest BCUT2D eigenvalue weighted by atomic mass is 10.00. The Bertz CT molecular complexity index is 404. The summed E-state index contributed by atoms with van der Waals surface area (Å²) in [6, 6.07) is 2.34. The molecule has 0 spiro atoms. The zero-order chi connectivity index (χ0) is 12.9. The van der Waals surface area contributed by atoms with Crippen molar-refractivity contribution in [3.8, 4) is 6.07 Å². The second kappa shape index (κ2) is 5.78. The van der Waals surface area contributed by atoms with E-state index in [1.807, 2.05) is 25.5 Å². The maximum atomic E-state index is 9.21. The Hall–Kier alpha value is -1.41. The van der Waals surface area contributed by atoms with Crippen LogP contribution in [0.25, 0.3) is 0 Å². The van der Waals surface area contributed by atoms with Gasteiger partial charge in [-0.15, -0.1) is 0 Å². The van der Waals surface area contributed by atoms with Gasteiger partial charge in [0.15, 0.2) is 0 Å². The van der Waals surface area contributed by atoms with Gasteiger partial charge < -0.3 is 0 Å². The molecule has 1 aromatic rings. The third-order valence-corrected chi connectivity index (χ3v) is 2.80. The topological polar surface area (TPSA) is 66.5 Å². The van der Waals surface area contributed by atoms with Crippen LogP contribution in [-0.4, -0.2) is 26.8 Å². The summed E-state index contributed by atoms with van der Waals surface area (Å²) in [5.74, 6) is 1.68. The zero-order valence-corrected chi connectivity index (χ0v) is 11.1. The third kappa shape index (κ3) is 3.82. The van der Waals surface area contributed by atoms with Crippen molar-refractivity contribution in [2.45, 2.75) is 52.6 Å². The summed E-state index contributed by atoms with van der Waals surface area (Å²) in [5.41, 5.74) is -0.484. The molecule has 1 aromatic heterocycles. The average molecular weight is 235 g/mol. The molecule has 1 heterocycles. The lowest BCUT2D eigenvalue weighted by molar-refractivity contribution is 0.380. The Morgan fingerprint density at radius 2 is 2.18 bits per heavy atom. The zero-order valence-electron chi connectivity index (χ0n) is 11.1. The van der Waals surface area contributed by atoms with Crippen molar-refractivity contribution in [1.82, 2.24) is 20.1 Å². The second-order valence-electron chi connectivity index (χ2n) is 4.55. The van der Waals surface area contributed by atoms with Crippen LogP contribution in [0.15, 0.2) is 0 Å². The first-order chi connectivity index (χ1) is 8.00. The molecule has 1 rings (SSSR count). The minimum Gasteiger partial charge on any atom is -0.300 e. The molecule has 5 nitrogen and oxygen atoms in total. The van der Waals surface area contributed by atoms with Crippen LogP contribution < -0.4 is 5.32 Å².